The quantitative estimate of drug-likeness (QED) is 0.175. The van der Waals surface area contributed by atoms with Crippen LogP contribution in [0.5, 0.6) is 11.5 Å². The van der Waals surface area contributed by atoms with Gasteiger partial charge in [-0.2, -0.15) is 0 Å². The molecule has 0 N–H and O–H groups in total. The summed E-state index contributed by atoms with van der Waals surface area (Å²) in [4.78, 5) is 32.1. The van der Waals surface area contributed by atoms with Crippen LogP contribution in [0, 0.1) is 3.57 Å². The maximum absolute atomic E-state index is 13.9. The molecule has 0 saturated carbocycles. The number of aromatic nitrogens is 1. The Morgan fingerprint density at radius 1 is 1.02 bits per heavy atom. The average molecular weight is 681 g/mol. The molecule has 0 fully saturated rings. The number of rotatable bonds is 9. The van der Waals surface area contributed by atoms with Crippen molar-refractivity contribution in [2.24, 2.45) is 4.99 Å². The lowest BCUT2D eigenvalue weighted by atomic mass is 9.95. The summed E-state index contributed by atoms with van der Waals surface area (Å²) >= 11 is 3.57. The van der Waals surface area contributed by atoms with Crippen LogP contribution in [0.15, 0.2) is 93.9 Å². The minimum absolute atomic E-state index is 0.226. The maximum atomic E-state index is 13.9. The van der Waals surface area contributed by atoms with Crippen LogP contribution in [0.1, 0.15) is 43.0 Å². The number of hydrogen-bond acceptors (Lipinski definition) is 7. The number of thiazole rings is 1. The number of fused-ring (bicyclic) bond motifs is 1. The highest BCUT2D eigenvalue weighted by Gasteiger charge is 2.33. The summed E-state index contributed by atoms with van der Waals surface area (Å²) in [5.41, 5.74) is 3.44. The van der Waals surface area contributed by atoms with Crippen molar-refractivity contribution in [2.75, 3.05) is 13.7 Å². The summed E-state index contributed by atoms with van der Waals surface area (Å²) in [5.74, 6) is 0.738. The number of hydrogen-bond donors (Lipinski definition) is 0. The van der Waals surface area contributed by atoms with Gasteiger partial charge in [0.1, 0.15) is 6.61 Å². The van der Waals surface area contributed by atoms with Crippen molar-refractivity contribution in [3.8, 4) is 11.5 Å². The van der Waals surface area contributed by atoms with E-state index in [-0.39, 0.29) is 5.56 Å². The summed E-state index contributed by atoms with van der Waals surface area (Å²) in [7, 11) is 1.35. The first kappa shape index (κ1) is 28.8. The third-order valence-electron chi connectivity index (χ3n) is 6.64. The van der Waals surface area contributed by atoms with Crippen molar-refractivity contribution >= 4 is 46.0 Å². The van der Waals surface area contributed by atoms with Crippen molar-refractivity contribution in [3.63, 3.8) is 0 Å². The molecule has 41 heavy (non-hydrogen) atoms. The number of carbonyl (C=O) groups is 1. The van der Waals surface area contributed by atoms with Crippen molar-refractivity contribution in [1.82, 2.24) is 4.57 Å². The topological polar surface area (TPSA) is 79.1 Å². The van der Waals surface area contributed by atoms with E-state index in [4.69, 9.17) is 19.2 Å². The molecule has 1 atom stereocenters. The zero-order valence-electron chi connectivity index (χ0n) is 22.9. The van der Waals surface area contributed by atoms with Gasteiger partial charge in [0.05, 0.1) is 35.6 Å². The molecule has 0 unspecified atom stereocenters. The molecule has 0 amide bonds. The Hall–Kier alpha value is -3.70. The predicted molar refractivity (Wildman–Crippen MR) is 168 cm³/mol. The molecule has 7 nitrogen and oxygen atoms in total. The summed E-state index contributed by atoms with van der Waals surface area (Å²) in [6, 6.07) is 22.7. The van der Waals surface area contributed by atoms with E-state index in [1.54, 1.807) is 4.57 Å². The molecule has 0 spiro atoms. The lowest BCUT2D eigenvalue weighted by Crippen LogP contribution is -2.40. The van der Waals surface area contributed by atoms with Crippen LogP contribution in [-0.4, -0.2) is 24.3 Å². The van der Waals surface area contributed by atoms with E-state index in [1.165, 1.54) is 22.0 Å². The maximum Gasteiger partial charge on any atom is 0.338 e. The Morgan fingerprint density at radius 2 is 1.78 bits per heavy atom. The highest BCUT2D eigenvalue weighted by molar-refractivity contribution is 14.1. The van der Waals surface area contributed by atoms with E-state index in [1.807, 2.05) is 92.7 Å². The Labute approximate surface area is 255 Å². The van der Waals surface area contributed by atoms with E-state index in [0.29, 0.717) is 51.7 Å². The zero-order chi connectivity index (χ0) is 28.9. The molecule has 1 aliphatic rings. The molecule has 210 valence electrons. The molecule has 1 aromatic heterocycles. The smallest absolute Gasteiger partial charge is 0.338 e. The van der Waals surface area contributed by atoms with Crippen molar-refractivity contribution < 1.29 is 19.0 Å². The summed E-state index contributed by atoms with van der Waals surface area (Å²) in [6.45, 7) is 4.74. The summed E-state index contributed by atoms with van der Waals surface area (Å²) in [6.07, 6.45) is 2.35. The van der Waals surface area contributed by atoms with Crippen LogP contribution in [0.3, 0.4) is 0 Å². The third kappa shape index (κ3) is 6.15. The van der Waals surface area contributed by atoms with E-state index < -0.39 is 12.0 Å². The van der Waals surface area contributed by atoms with Gasteiger partial charge in [0.25, 0.3) is 5.56 Å². The molecular formula is C32H29IN2O5S. The van der Waals surface area contributed by atoms with Crippen LogP contribution >= 0.6 is 33.9 Å². The Balaban J connectivity index is 1.56. The Kier molecular flexibility index (Phi) is 9.04. The van der Waals surface area contributed by atoms with Gasteiger partial charge in [-0.15, -0.1) is 0 Å². The Bertz CT molecular complexity index is 1780. The molecular weight excluding hydrogens is 651 g/mol. The number of nitrogens with zero attached hydrogens (tertiary/aromatic N) is 2. The second kappa shape index (κ2) is 12.9. The highest BCUT2D eigenvalue weighted by atomic mass is 127. The van der Waals surface area contributed by atoms with Crippen LogP contribution in [0.4, 0.5) is 0 Å². The van der Waals surface area contributed by atoms with Gasteiger partial charge in [-0.05, 0) is 83.0 Å². The number of carbonyl (C=O) groups excluding carboxylic acids is 1. The molecule has 0 radical (unpaired) electrons. The van der Waals surface area contributed by atoms with E-state index in [9.17, 15) is 9.59 Å². The van der Waals surface area contributed by atoms with E-state index >= 15 is 0 Å². The summed E-state index contributed by atoms with van der Waals surface area (Å²) < 4.78 is 20.4. The van der Waals surface area contributed by atoms with E-state index in [2.05, 4.69) is 22.6 Å². The number of methoxy groups -OCH3 is 1. The van der Waals surface area contributed by atoms with Crippen molar-refractivity contribution in [2.45, 2.75) is 32.9 Å². The van der Waals surface area contributed by atoms with Crippen LogP contribution < -0.4 is 24.4 Å². The molecule has 9 heteroatoms. The third-order valence-corrected chi connectivity index (χ3v) is 8.34. The van der Waals surface area contributed by atoms with Crippen LogP contribution in [0.2, 0.25) is 0 Å². The van der Waals surface area contributed by atoms with Gasteiger partial charge in [0.2, 0.25) is 0 Å². The summed E-state index contributed by atoms with van der Waals surface area (Å²) in [5, 5.41) is 0. The molecule has 5 rings (SSSR count). The molecule has 4 aromatic rings. The second-order valence-corrected chi connectivity index (χ2v) is 11.5. The zero-order valence-corrected chi connectivity index (χ0v) is 25.9. The largest absolute Gasteiger partial charge is 0.490 e. The highest BCUT2D eigenvalue weighted by Crippen LogP contribution is 2.32. The minimum atomic E-state index is -0.631. The number of allylic oxidation sites excluding steroid dienone is 1. The minimum Gasteiger partial charge on any atom is -0.490 e. The fourth-order valence-corrected chi connectivity index (χ4v) is 6.09. The fourth-order valence-electron chi connectivity index (χ4n) is 4.71. The van der Waals surface area contributed by atoms with Crippen LogP contribution in [-0.2, 0) is 16.1 Å². The molecule has 2 heterocycles. The molecule has 1 aliphatic heterocycles. The van der Waals surface area contributed by atoms with Gasteiger partial charge in [-0.3, -0.25) is 9.36 Å². The molecule has 0 bridgehead atoms. The van der Waals surface area contributed by atoms with Gasteiger partial charge >= 0.3 is 5.97 Å². The van der Waals surface area contributed by atoms with Gasteiger partial charge in [0, 0.05) is 3.57 Å². The Morgan fingerprint density at radius 3 is 2.46 bits per heavy atom. The lowest BCUT2D eigenvalue weighted by molar-refractivity contribution is -0.136. The first-order valence-corrected chi connectivity index (χ1v) is 15.1. The lowest BCUT2D eigenvalue weighted by Gasteiger charge is -2.25. The first-order valence-electron chi connectivity index (χ1n) is 13.3. The van der Waals surface area contributed by atoms with Gasteiger partial charge < -0.3 is 14.2 Å². The van der Waals surface area contributed by atoms with Crippen molar-refractivity contribution in [3.05, 3.63) is 124 Å². The van der Waals surface area contributed by atoms with Gasteiger partial charge in [-0.25, -0.2) is 9.79 Å². The van der Waals surface area contributed by atoms with Crippen LogP contribution in [0.25, 0.3) is 6.08 Å². The molecule has 0 saturated heterocycles. The second-order valence-electron chi connectivity index (χ2n) is 9.25. The number of benzene rings is 3. The first-order chi connectivity index (χ1) is 19.9. The molecule has 0 aliphatic carbocycles. The van der Waals surface area contributed by atoms with Gasteiger partial charge in [-0.1, -0.05) is 66.8 Å². The SMILES string of the molecule is CCOc1cc(/C=c2\sc3n(c2=O)[C@H](c2ccccc2)C(C(=O)OC)=C(CC)N=3)ccc1OCc1ccc(I)cc1. The fraction of sp³-hybridized carbons (Fsp3) is 0.219. The number of halogens is 1. The average Bonchev–Trinajstić information content (AvgIpc) is 3.30. The number of esters is 1. The monoisotopic (exact) mass is 680 g/mol. The predicted octanol–water partition coefficient (Wildman–Crippen LogP) is 5.38. The van der Waals surface area contributed by atoms with Gasteiger partial charge in [0.15, 0.2) is 16.3 Å². The van der Waals surface area contributed by atoms with E-state index in [0.717, 1.165) is 16.7 Å². The normalized spacial score (nSPS) is 14.8. The number of ether oxygens (including phenoxy) is 3. The molecule has 3 aromatic carbocycles. The van der Waals surface area contributed by atoms with Crippen molar-refractivity contribution in [1.29, 1.82) is 0 Å². The standard InChI is InChI=1S/C32H29IN2O5S/c1-4-24-28(31(37)38-3)29(22-9-7-6-8-10-22)35-30(36)27(41-32(35)34-24)18-21-13-16-25(26(17-21)39-5-2)40-19-20-11-14-23(33)15-12-20/h6-18,29H,4-5,19H2,1-3H3/b27-18-/t29-/m1/s1.